The minimum absolute atomic E-state index is 0.0789. The first-order chi connectivity index (χ1) is 15.7. The number of fused-ring (bicyclic) bond motifs is 1. The van der Waals surface area contributed by atoms with E-state index < -0.39 is 12.0 Å². The van der Waals surface area contributed by atoms with Crippen molar-refractivity contribution in [1.82, 2.24) is 10.2 Å². The molecule has 1 aliphatic heterocycles. The van der Waals surface area contributed by atoms with Gasteiger partial charge in [-0.3, -0.25) is 9.59 Å². The van der Waals surface area contributed by atoms with Crippen LogP contribution in [0, 0.1) is 0 Å². The van der Waals surface area contributed by atoms with E-state index in [1.165, 1.54) is 0 Å². The van der Waals surface area contributed by atoms with Crippen molar-refractivity contribution in [1.29, 1.82) is 0 Å². The SMILES string of the molecule is COCCN1C(=O)c2ccccc2[C@@H](C(=O)NCc2ccccc2OC)[C@H]1c1cccs1. The van der Waals surface area contributed by atoms with Crippen LogP contribution in [0.4, 0.5) is 0 Å². The van der Waals surface area contributed by atoms with E-state index >= 15 is 0 Å². The number of hydrogen-bond acceptors (Lipinski definition) is 5. The Balaban J connectivity index is 1.71. The molecule has 0 unspecified atom stereocenters. The van der Waals surface area contributed by atoms with Crippen LogP contribution in [0.1, 0.15) is 38.3 Å². The second kappa shape index (κ2) is 9.97. The molecule has 1 N–H and O–H groups in total. The van der Waals surface area contributed by atoms with Gasteiger partial charge < -0.3 is 19.7 Å². The zero-order valence-electron chi connectivity index (χ0n) is 18.1. The van der Waals surface area contributed by atoms with Crippen molar-refractivity contribution >= 4 is 23.2 Å². The van der Waals surface area contributed by atoms with Crippen molar-refractivity contribution in [3.8, 4) is 5.75 Å². The lowest BCUT2D eigenvalue weighted by atomic mass is 9.81. The number of methoxy groups -OCH3 is 2. The molecule has 6 nitrogen and oxygen atoms in total. The van der Waals surface area contributed by atoms with E-state index in [0.29, 0.717) is 25.3 Å². The minimum Gasteiger partial charge on any atom is -0.496 e. The fraction of sp³-hybridized carbons (Fsp3) is 0.280. The molecule has 32 heavy (non-hydrogen) atoms. The molecule has 0 radical (unpaired) electrons. The summed E-state index contributed by atoms with van der Waals surface area (Å²) in [6, 6.07) is 18.5. The lowest BCUT2D eigenvalue weighted by molar-refractivity contribution is -0.124. The normalized spacial score (nSPS) is 17.7. The third-order valence-electron chi connectivity index (χ3n) is 5.74. The number of amides is 2. The molecule has 166 valence electrons. The van der Waals surface area contributed by atoms with Crippen LogP contribution in [0.2, 0.25) is 0 Å². The standard InChI is InChI=1S/C25H26N2O4S/c1-30-14-13-27-23(21-12-7-15-32-21)22(18-9-4-5-10-19(18)25(27)29)24(28)26-16-17-8-3-6-11-20(17)31-2/h3-12,15,22-23H,13-14,16H2,1-2H3,(H,26,28)/t22-,23-/m1/s1. The third-order valence-corrected chi connectivity index (χ3v) is 6.68. The molecule has 0 fully saturated rings. The minimum atomic E-state index is -0.533. The van der Waals surface area contributed by atoms with Crippen molar-refractivity contribution in [3.05, 3.63) is 87.6 Å². The molecule has 2 atom stereocenters. The monoisotopic (exact) mass is 450 g/mol. The number of nitrogens with one attached hydrogen (secondary N) is 1. The third kappa shape index (κ3) is 4.26. The van der Waals surface area contributed by atoms with Crippen molar-refractivity contribution in [3.63, 3.8) is 0 Å². The van der Waals surface area contributed by atoms with Gasteiger partial charge in [-0.05, 0) is 29.1 Å². The van der Waals surface area contributed by atoms with Crippen LogP contribution in [-0.4, -0.2) is 44.1 Å². The van der Waals surface area contributed by atoms with E-state index in [0.717, 1.165) is 21.8 Å². The smallest absolute Gasteiger partial charge is 0.254 e. The number of carbonyl (C=O) groups excluding carboxylic acids is 2. The van der Waals surface area contributed by atoms with E-state index in [9.17, 15) is 9.59 Å². The summed E-state index contributed by atoms with van der Waals surface area (Å²) < 4.78 is 10.7. The Hall–Kier alpha value is -3.16. The van der Waals surface area contributed by atoms with Gasteiger partial charge in [-0.1, -0.05) is 42.5 Å². The van der Waals surface area contributed by atoms with Gasteiger partial charge >= 0.3 is 0 Å². The second-order valence-electron chi connectivity index (χ2n) is 7.55. The summed E-state index contributed by atoms with van der Waals surface area (Å²) in [5.41, 5.74) is 2.21. The van der Waals surface area contributed by atoms with E-state index in [2.05, 4.69) is 5.32 Å². The van der Waals surface area contributed by atoms with Crippen LogP contribution in [0.3, 0.4) is 0 Å². The maximum atomic E-state index is 13.6. The van der Waals surface area contributed by atoms with Crippen LogP contribution in [0.5, 0.6) is 5.75 Å². The van der Waals surface area contributed by atoms with Gasteiger partial charge in [0.25, 0.3) is 5.91 Å². The Kier molecular flexibility index (Phi) is 6.87. The van der Waals surface area contributed by atoms with Crippen LogP contribution in [0.15, 0.2) is 66.0 Å². The predicted molar refractivity (Wildman–Crippen MR) is 124 cm³/mol. The highest BCUT2D eigenvalue weighted by molar-refractivity contribution is 7.10. The van der Waals surface area contributed by atoms with Gasteiger partial charge in [-0.25, -0.2) is 0 Å². The summed E-state index contributed by atoms with van der Waals surface area (Å²) in [4.78, 5) is 29.8. The summed E-state index contributed by atoms with van der Waals surface area (Å²) in [6.07, 6.45) is 0. The maximum absolute atomic E-state index is 13.6. The van der Waals surface area contributed by atoms with Crippen LogP contribution in [0.25, 0.3) is 0 Å². The molecule has 2 heterocycles. The summed E-state index contributed by atoms with van der Waals surface area (Å²) in [5.74, 6) is -0.0147. The molecule has 1 aliphatic rings. The highest BCUT2D eigenvalue weighted by Gasteiger charge is 2.44. The lowest BCUT2D eigenvalue weighted by Crippen LogP contribution is -2.48. The van der Waals surface area contributed by atoms with Gasteiger partial charge in [0.2, 0.25) is 5.91 Å². The molecule has 0 spiro atoms. The number of hydrogen-bond donors (Lipinski definition) is 1. The first-order valence-electron chi connectivity index (χ1n) is 10.5. The zero-order chi connectivity index (χ0) is 22.5. The fourth-order valence-electron chi connectivity index (χ4n) is 4.23. The topological polar surface area (TPSA) is 67.9 Å². The van der Waals surface area contributed by atoms with Gasteiger partial charge in [0.05, 0.1) is 25.7 Å². The van der Waals surface area contributed by atoms with E-state index in [1.807, 2.05) is 60.0 Å². The first-order valence-corrected chi connectivity index (χ1v) is 11.4. The van der Waals surface area contributed by atoms with E-state index in [4.69, 9.17) is 9.47 Å². The number of ether oxygens (including phenoxy) is 2. The van der Waals surface area contributed by atoms with Gasteiger partial charge in [-0.2, -0.15) is 0 Å². The summed E-state index contributed by atoms with van der Waals surface area (Å²) >= 11 is 1.55. The molecular formula is C25H26N2O4S. The van der Waals surface area contributed by atoms with Gasteiger partial charge in [0.15, 0.2) is 0 Å². The van der Waals surface area contributed by atoms with Crippen molar-refractivity contribution in [2.45, 2.75) is 18.5 Å². The lowest BCUT2D eigenvalue weighted by Gasteiger charge is -2.41. The number of para-hydroxylation sites is 1. The molecule has 0 bridgehead atoms. The molecule has 0 saturated carbocycles. The van der Waals surface area contributed by atoms with Gasteiger partial charge in [0.1, 0.15) is 5.75 Å². The highest BCUT2D eigenvalue weighted by Crippen LogP contribution is 2.44. The van der Waals surface area contributed by atoms with Crippen molar-refractivity contribution < 1.29 is 19.1 Å². The second-order valence-corrected chi connectivity index (χ2v) is 8.53. The number of nitrogens with zero attached hydrogens (tertiary/aromatic N) is 1. The molecule has 1 aromatic heterocycles. The number of carbonyl (C=O) groups is 2. The predicted octanol–water partition coefficient (Wildman–Crippen LogP) is 4.00. The average Bonchev–Trinajstić information content (AvgIpc) is 3.36. The fourth-order valence-corrected chi connectivity index (χ4v) is 5.10. The Morgan fingerprint density at radius 1 is 1.06 bits per heavy atom. The van der Waals surface area contributed by atoms with Gasteiger partial charge in [-0.15, -0.1) is 11.3 Å². The van der Waals surface area contributed by atoms with Crippen LogP contribution < -0.4 is 10.1 Å². The summed E-state index contributed by atoms with van der Waals surface area (Å²) in [7, 11) is 3.23. The van der Waals surface area contributed by atoms with Crippen molar-refractivity contribution in [2.24, 2.45) is 0 Å². The molecule has 7 heteroatoms. The Labute approximate surface area is 191 Å². The molecule has 0 aliphatic carbocycles. The Morgan fingerprint density at radius 3 is 2.59 bits per heavy atom. The highest BCUT2D eigenvalue weighted by atomic mass is 32.1. The largest absolute Gasteiger partial charge is 0.496 e. The molecule has 2 amide bonds. The number of benzene rings is 2. The average molecular weight is 451 g/mol. The quantitative estimate of drug-likeness (QED) is 0.563. The molecule has 0 saturated heterocycles. The van der Waals surface area contributed by atoms with Crippen LogP contribution in [-0.2, 0) is 16.1 Å². The number of thiophene rings is 1. The van der Waals surface area contributed by atoms with E-state index in [1.54, 1.807) is 36.5 Å². The molecule has 2 aromatic carbocycles. The van der Waals surface area contributed by atoms with E-state index in [-0.39, 0.29) is 11.8 Å². The molecular weight excluding hydrogens is 424 g/mol. The van der Waals surface area contributed by atoms with Crippen LogP contribution >= 0.6 is 11.3 Å². The first kappa shape index (κ1) is 22.0. The van der Waals surface area contributed by atoms with Crippen molar-refractivity contribution in [2.75, 3.05) is 27.4 Å². The maximum Gasteiger partial charge on any atom is 0.254 e. The number of rotatable bonds is 8. The molecule has 3 aromatic rings. The Morgan fingerprint density at radius 2 is 1.84 bits per heavy atom. The summed E-state index contributed by atoms with van der Waals surface area (Å²) in [5, 5.41) is 5.06. The zero-order valence-corrected chi connectivity index (χ0v) is 18.9. The molecule has 4 rings (SSSR count). The summed E-state index contributed by atoms with van der Waals surface area (Å²) in [6.45, 7) is 1.14. The van der Waals surface area contributed by atoms with Gasteiger partial charge in [0, 0.05) is 36.2 Å². The Bertz CT molecular complexity index is 1080.